The molecule has 1 aromatic carbocycles. The SMILES string of the molecule is O=C(Nc1ccc(Br)cc1)c1ccnc(Cl)c1[N+](=O)[O-]. The Morgan fingerprint density at radius 1 is 1.30 bits per heavy atom. The van der Waals surface area contributed by atoms with Crippen molar-refractivity contribution in [2.45, 2.75) is 0 Å². The van der Waals surface area contributed by atoms with Crippen molar-refractivity contribution < 1.29 is 9.72 Å². The molecule has 2 aromatic rings. The van der Waals surface area contributed by atoms with Crippen LogP contribution in [0.15, 0.2) is 41.0 Å². The maximum atomic E-state index is 12.1. The molecule has 1 heterocycles. The number of amides is 1. The molecule has 1 amide bonds. The van der Waals surface area contributed by atoms with Gasteiger partial charge in [-0.25, -0.2) is 4.98 Å². The molecule has 0 radical (unpaired) electrons. The molecule has 102 valence electrons. The minimum Gasteiger partial charge on any atom is -0.322 e. The van der Waals surface area contributed by atoms with Crippen LogP contribution in [0.25, 0.3) is 0 Å². The Morgan fingerprint density at radius 3 is 2.55 bits per heavy atom. The zero-order valence-electron chi connectivity index (χ0n) is 9.84. The molecule has 0 aliphatic rings. The van der Waals surface area contributed by atoms with Gasteiger partial charge in [0, 0.05) is 16.4 Å². The monoisotopic (exact) mass is 355 g/mol. The number of anilines is 1. The first kappa shape index (κ1) is 14.4. The number of nitro groups is 1. The van der Waals surface area contributed by atoms with Crippen molar-refractivity contribution in [3.8, 4) is 0 Å². The van der Waals surface area contributed by atoms with Crippen LogP contribution in [0.2, 0.25) is 5.15 Å². The number of nitrogens with one attached hydrogen (secondary N) is 1. The molecule has 0 saturated heterocycles. The highest BCUT2D eigenvalue weighted by atomic mass is 79.9. The first-order valence-corrected chi connectivity index (χ1v) is 6.52. The van der Waals surface area contributed by atoms with Crippen LogP contribution >= 0.6 is 27.5 Å². The summed E-state index contributed by atoms with van der Waals surface area (Å²) in [5, 5.41) is 13.2. The lowest BCUT2D eigenvalue weighted by atomic mass is 10.2. The molecule has 1 N–H and O–H groups in total. The highest BCUT2D eigenvalue weighted by Crippen LogP contribution is 2.26. The lowest BCUT2D eigenvalue weighted by Crippen LogP contribution is -2.14. The number of halogens is 2. The molecule has 8 heteroatoms. The molecule has 0 fully saturated rings. The van der Waals surface area contributed by atoms with Crippen LogP contribution in [0.4, 0.5) is 11.4 Å². The summed E-state index contributed by atoms with van der Waals surface area (Å²) in [6.07, 6.45) is 1.24. The van der Waals surface area contributed by atoms with Crippen LogP contribution in [0, 0.1) is 10.1 Å². The molecule has 2 rings (SSSR count). The summed E-state index contributed by atoms with van der Waals surface area (Å²) < 4.78 is 0.855. The van der Waals surface area contributed by atoms with Crippen LogP contribution < -0.4 is 5.32 Å². The number of pyridine rings is 1. The summed E-state index contributed by atoms with van der Waals surface area (Å²) in [4.78, 5) is 25.9. The number of benzene rings is 1. The van der Waals surface area contributed by atoms with E-state index in [1.165, 1.54) is 12.3 Å². The summed E-state index contributed by atoms with van der Waals surface area (Å²) in [6.45, 7) is 0. The average Bonchev–Trinajstić information content (AvgIpc) is 2.40. The number of hydrogen-bond acceptors (Lipinski definition) is 4. The van der Waals surface area contributed by atoms with Crippen LogP contribution in [0.5, 0.6) is 0 Å². The maximum Gasteiger partial charge on any atom is 0.319 e. The van der Waals surface area contributed by atoms with E-state index in [1.807, 2.05) is 0 Å². The number of aromatic nitrogens is 1. The molecule has 0 unspecified atom stereocenters. The Morgan fingerprint density at radius 2 is 1.95 bits per heavy atom. The minimum absolute atomic E-state index is 0.141. The van der Waals surface area contributed by atoms with Gasteiger partial charge >= 0.3 is 5.69 Å². The molecule has 0 spiro atoms. The van der Waals surface area contributed by atoms with Gasteiger partial charge in [-0.2, -0.15) is 0 Å². The highest BCUT2D eigenvalue weighted by Gasteiger charge is 2.24. The minimum atomic E-state index is -0.730. The van der Waals surface area contributed by atoms with Gasteiger partial charge < -0.3 is 5.32 Å². The molecular formula is C12H7BrClN3O3. The summed E-state index contributed by atoms with van der Waals surface area (Å²) in [6, 6.07) is 8.05. The molecule has 0 bridgehead atoms. The Hall–Kier alpha value is -1.99. The fraction of sp³-hybridized carbons (Fsp3) is 0. The third kappa shape index (κ3) is 3.12. The second-order valence-electron chi connectivity index (χ2n) is 3.72. The standard InChI is InChI=1S/C12H7BrClN3O3/c13-7-1-3-8(4-2-7)16-12(18)9-5-6-15-11(14)10(9)17(19)20/h1-6H,(H,16,18). The maximum absolute atomic E-state index is 12.1. The topological polar surface area (TPSA) is 85.1 Å². The van der Waals surface area contributed by atoms with Crippen LogP contribution in [0.1, 0.15) is 10.4 Å². The van der Waals surface area contributed by atoms with Gasteiger partial charge in [0.2, 0.25) is 5.15 Å². The molecule has 1 aromatic heterocycles. The van der Waals surface area contributed by atoms with Gasteiger partial charge in [-0.1, -0.05) is 27.5 Å². The predicted octanol–water partition coefficient (Wildman–Crippen LogP) is 3.66. The first-order chi connectivity index (χ1) is 9.49. The third-order valence-electron chi connectivity index (χ3n) is 2.41. The third-order valence-corrected chi connectivity index (χ3v) is 3.21. The molecule has 0 aliphatic heterocycles. The van der Waals surface area contributed by atoms with E-state index in [0.29, 0.717) is 5.69 Å². The lowest BCUT2D eigenvalue weighted by molar-refractivity contribution is -0.385. The van der Waals surface area contributed by atoms with Crippen molar-refractivity contribution in [1.29, 1.82) is 0 Å². The van der Waals surface area contributed by atoms with Crippen molar-refractivity contribution in [3.63, 3.8) is 0 Å². The van der Waals surface area contributed by atoms with E-state index in [0.717, 1.165) is 4.47 Å². The van der Waals surface area contributed by atoms with E-state index in [-0.39, 0.29) is 10.7 Å². The molecule has 20 heavy (non-hydrogen) atoms. The highest BCUT2D eigenvalue weighted by molar-refractivity contribution is 9.10. The van der Waals surface area contributed by atoms with Gasteiger partial charge in [0.15, 0.2) is 0 Å². The van der Waals surface area contributed by atoms with Crippen molar-refractivity contribution in [3.05, 3.63) is 61.8 Å². The van der Waals surface area contributed by atoms with Crippen LogP contribution in [-0.4, -0.2) is 15.8 Å². The number of nitrogens with zero attached hydrogens (tertiary/aromatic N) is 2. The molecule has 6 nitrogen and oxygen atoms in total. The smallest absolute Gasteiger partial charge is 0.319 e. The van der Waals surface area contributed by atoms with Crippen molar-refractivity contribution in [2.24, 2.45) is 0 Å². The summed E-state index contributed by atoms with van der Waals surface area (Å²) in [5.41, 5.74) is -0.137. The van der Waals surface area contributed by atoms with Gasteiger partial charge in [0.05, 0.1) is 4.92 Å². The van der Waals surface area contributed by atoms with Crippen molar-refractivity contribution >= 4 is 44.8 Å². The van der Waals surface area contributed by atoms with Crippen LogP contribution in [-0.2, 0) is 0 Å². The predicted molar refractivity (Wildman–Crippen MR) is 78.0 cm³/mol. The van der Waals surface area contributed by atoms with Crippen molar-refractivity contribution in [1.82, 2.24) is 4.98 Å². The molecule has 0 aliphatic carbocycles. The number of rotatable bonds is 3. The van der Waals surface area contributed by atoms with E-state index in [1.54, 1.807) is 24.3 Å². The first-order valence-electron chi connectivity index (χ1n) is 5.35. The number of carbonyl (C=O) groups excluding carboxylic acids is 1. The van der Waals surface area contributed by atoms with Gasteiger partial charge in [-0.15, -0.1) is 0 Å². The summed E-state index contributed by atoms with van der Waals surface area (Å²) in [5.74, 6) is -0.622. The van der Waals surface area contributed by atoms with Gasteiger partial charge in [0.1, 0.15) is 5.56 Å². The fourth-order valence-corrected chi connectivity index (χ4v) is 2.01. The molecule has 0 saturated carbocycles. The van der Waals surface area contributed by atoms with E-state index < -0.39 is 16.5 Å². The van der Waals surface area contributed by atoms with E-state index >= 15 is 0 Å². The van der Waals surface area contributed by atoms with Crippen LogP contribution in [0.3, 0.4) is 0 Å². The molecular weight excluding hydrogens is 350 g/mol. The second kappa shape index (κ2) is 5.98. The number of hydrogen-bond donors (Lipinski definition) is 1. The second-order valence-corrected chi connectivity index (χ2v) is 4.99. The Labute approximate surface area is 127 Å². The average molecular weight is 357 g/mol. The zero-order chi connectivity index (χ0) is 14.7. The Kier molecular flexibility index (Phi) is 4.31. The normalized spacial score (nSPS) is 10.1. The van der Waals surface area contributed by atoms with Gasteiger partial charge in [-0.05, 0) is 30.3 Å². The lowest BCUT2D eigenvalue weighted by Gasteiger charge is -2.06. The summed E-state index contributed by atoms with van der Waals surface area (Å²) in [7, 11) is 0. The summed E-state index contributed by atoms with van der Waals surface area (Å²) >= 11 is 8.92. The zero-order valence-corrected chi connectivity index (χ0v) is 12.2. The largest absolute Gasteiger partial charge is 0.322 e. The number of carbonyl (C=O) groups is 1. The van der Waals surface area contributed by atoms with Gasteiger partial charge in [0.25, 0.3) is 5.91 Å². The quantitative estimate of drug-likeness (QED) is 0.516. The van der Waals surface area contributed by atoms with E-state index in [9.17, 15) is 14.9 Å². The fourth-order valence-electron chi connectivity index (χ4n) is 1.52. The Balaban J connectivity index is 2.32. The van der Waals surface area contributed by atoms with Crippen molar-refractivity contribution in [2.75, 3.05) is 5.32 Å². The Bertz CT molecular complexity index is 676. The van der Waals surface area contributed by atoms with E-state index in [2.05, 4.69) is 26.2 Å². The van der Waals surface area contributed by atoms with E-state index in [4.69, 9.17) is 11.6 Å². The molecule has 0 atom stereocenters. The van der Waals surface area contributed by atoms with Gasteiger partial charge in [-0.3, -0.25) is 14.9 Å².